The Kier molecular flexibility index (Phi) is 3.52. The topological polar surface area (TPSA) is 72.2 Å². The molecule has 0 saturated carbocycles. The predicted molar refractivity (Wildman–Crippen MR) is 65.6 cm³/mol. The molecule has 0 unspecified atom stereocenters. The van der Waals surface area contributed by atoms with Crippen molar-refractivity contribution in [3.05, 3.63) is 64.3 Å². The van der Waals surface area contributed by atoms with Crippen molar-refractivity contribution in [3.8, 4) is 0 Å². The maximum atomic E-state index is 11.7. The van der Waals surface area contributed by atoms with Crippen LogP contribution >= 0.6 is 0 Å². The van der Waals surface area contributed by atoms with Crippen LogP contribution in [0.2, 0.25) is 0 Å². The summed E-state index contributed by atoms with van der Waals surface area (Å²) in [6.07, 6.45) is 3.93. The molecule has 2 rings (SSSR count). The maximum Gasteiger partial charge on any atom is 0.352 e. The Bertz CT molecular complexity index is 605. The molecule has 0 spiro atoms. The lowest BCUT2D eigenvalue weighted by atomic mass is 10.2. The Morgan fingerprint density at radius 3 is 2.61 bits per heavy atom. The average Bonchev–Trinajstić information content (AvgIpc) is 2.38. The van der Waals surface area contributed by atoms with Crippen molar-refractivity contribution >= 4 is 5.97 Å². The number of carboxylic acids is 1. The summed E-state index contributed by atoms with van der Waals surface area (Å²) in [5.41, 5.74) is 0.720. The van der Waals surface area contributed by atoms with Gasteiger partial charge in [-0.3, -0.25) is 9.78 Å². The van der Waals surface area contributed by atoms with Crippen molar-refractivity contribution in [3.63, 3.8) is 0 Å². The Morgan fingerprint density at radius 1 is 1.22 bits per heavy atom. The van der Waals surface area contributed by atoms with Gasteiger partial charge in [-0.2, -0.15) is 0 Å². The van der Waals surface area contributed by atoms with E-state index in [4.69, 9.17) is 5.11 Å². The number of carbonyl (C=O) groups is 1. The van der Waals surface area contributed by atoms with Gasteiger partial charge in [-0.15, -0.1) is 0 Å². The molecule has 0 atom stereocenters. The summed E-state index contributed by atoms with van der Waals surface area (Å²) >= 11 is 0. The molecule has 92 valence electrons. The molecule has 0 bridgehead atoms. The normalized spacial score (nSPS) is 10.2. The molecule has 2 heterocycles. The molecule has 0 aliphatic heterocycles. The van der Waals surface area contributed by atoms with Crippen molar-refractivity contribution in [2.24, 2.45) is 0 Å². The number of aryl methyl sites for hydroxylation is 1. The highest BCUT2D eigenvalue weighted by Gasteiger charge is 2.09. The molecule has 5 nitrogen and oxygen atoms in total. The molecule has 0 fully saturated rings. The van der Waals surface area contributed by atoms with Crippen molar-refractivity contribution in [2.45, 2.75) is 13.0 Å². The van der Waals surface area contributed by atoms with E-state index in [9.17, 15) is 9.59 Å². The van der Waals surface area contributed by atoms with Crippen LogP contribution in [0.5, 0.6) is 0 Å². The Labute approximate surface area is 103 Å². The van der Waals surface area contributed by atoms with Crippen LogP contribution in [0.1, 0.15) is 16.1 Å². The number of carboxylic acid groups (broad SMARTS) is 1. The summed E-state index contributed by atoms with van der Waals surface area (Å²) in [4.78, 5) is 26.6. The van der Waals surface area contributed by atoms with E-state index in [1.54, 1.807) is 12.4 Å². The molecule has 0 aromatic carbocycles. The van der Waals surface area contributed by atoms with E-state index in [-0.39, 0.29) is 11.3 Å². The van der Waals surface area contributed by atoms with E-state index < -0.39 is 5.97 Å². The first-order valence-corrected chi connectivity index (χ1v) is 5.50. The van der Waals surface area contributed by atoms with Gasteiger partial charge in [-0.1, -0.05) is 6.07 Å². The van der Waals surface area contributed by atoms with E-state index in [2.05, 4.69) is 4.98 Å². The lowest BCUT2D eigenvalue weighted by Crippen LogP contribution is -2.25. The first-order valence-electron chi connectivity index (χ1n) is 5.50. The summed E-state index contributed by atoms with van der Waals surface area (Å²) in [5, 5.41) is 9.02. The summed E-state index contributed by atoms with van der Waals surface area (Å²) in [7, 11) is 0. The number of nitrogens with zero attached hydrogens (tertiary/aromatic N) is 2. The predicted octanol–water partition coefficient (Wildman–Crippen LogP) is 1.18. The number of aromatic carboxylic acids is 1. The van der Waals surface area contributed by atoms with Gasteiger partial charge in [0.15, 0.2) is 0 Å². The largest absolute Gasteiger partial charge is 0.477 e. The third-order valence-electron chi connectivity index (χ3n) is 2.64. The van der Waals surface area contributed by atoms with Gasteiger partial charge >= 0.3 is 5.97 Å². The zero-order valence-electron chi connectivity index (χ0n) is 9.61. The van der Waals surface area contributed by atoms with Gasteiger partial charge in [0, 0.05) is 25.0 Å². The second-order valence-corrected chi connectivity index (χ2v) is 3.81. The third-order valence-corrected chi connectivity index (χ3v) is 2.64. The highest BCUT2D eigenvalue weighted by molar-refractivity contribution is 5.85. The Hall–Kier alpha value is -2.43. The van der Waals surface area contributed by atoms with Crippen LogP contribution in [0.4, 0.5) is 0 Å². The minimum atomic E-state index is -1.09. The van der Waals surface area contributed by atoms with Gasteiger partial charge in [0.05, 0.1) is 0 Å². The summed E-state index contributed by atoms with van der Waals surface area (Å²) in [5.74, 6) is -1.09. The summed E-state index contributed by atoms with van der Waals surface area (Å²) in [6, 6.07) is 7.92. The molecule has 0 aliphatic rings. The smallest absolute Gasteiger partial charge is 0.352 e. The van der Waals surface area contributed by atoms with Crippen LogP contribution in [-0.2, 0) is 13.0 Å². The molecule has 0 aliphatic carbocycles. The molecule has 2 aromatic rings. The molecule has 18 heavy (non-hydrogen) atoms. The highest BCUT2D eigenvalue weighted by Crippen LogP contribution is 2.02. The molecule has 1 N–H and O–H groups in total. The summed E-state index contributed by atoms with van der Waals surface area (Å²) in [6.45, 7) is 0.339. The Balaban J connectivity index is 2.24. The standard InChI is InChI=1S/C13H12N2O3/c16-12-3-1-2-11(13(17)18)15(12)9-6-10-4-7-14-8-5-10/h1-5,7-8H,6,9H2,(H,17,18). The molecule has 0 radical (unpaired) electrons. The zero-order chi connectivity index (χ0) is 13.0. The van der Waals surface area contributed by atoms with Crippen LogP contribution in [0.25, 0.3) is 0 Å². The van der Waals surface area contributed by atoms with Crippen molar-refractivity contribution in [1.82, 2.24) is 9.55 Å². The van der Waals surface area contributed by atoms with Crippen molar-refractivity contribution in [1.29, 1.82) is 0 Å². The number of rotatable bonds is 4. The molecule has 0 saturated heterocycles. The van der Waals surface area contributed by atoms with Crippen molar-refractivity contribution in [2.75, 3.05) is 0 Å². The van der Waals surface area contributed by atoms with E-state index in [0.717, 1.165) is 5.56 Å². The first-order chi connectivity index (χ1) is 8.68. The van der Waals surface area contributed by atoms with Gasteiger partial charge in [0.1, 0.15) is 5.69 Å². The molecular weight excluding hydrogens is 232 g/mol. The van der Waals surface area contributed by atoms with Crippen molar-refractivity contribution < 1.29 is 9.90 Å². The van der Waals surface area contributed by atoms with Crippen LogP contribution in [-0.4, -0.2) is 20.6 Å². The second-order valence-electron chi connectivity index (χ2n) is 3.81. The number of hydrogen-bond donors (Lipinski definition) is 1. The third kappa shape index (κ3) is 2.63. The molecule has 0 amide bonds. The highest BCUT2D eigenvalue weighted by atomic mass is 16.4. The van der Waals surface area contributed by atoms with Gasteiger partial charge in [0.25, 0.3) is 5.56 Å². The Morgan fingerprint density at radius 2 is 1.94 bits per heavy atom. The van der Waals surface area contributed by atoms with Gasteiger partial charge < -0.3 is 9.67 Å². The molecule has 5 heteroatoms. The van der Waals surface area contributed by atoms with E-state index in [1.165, 1.54) is 22.8 Å². The quantitative estimate of drug-likeness (QED) is 0.876. The van der Waals surface area contributed by atoms with E-state index in [1.807, 2.05) is 12.1 Å². The fourth-order valence-electron chi connectivity index (χ4n) is 1.73. The minimum absolute atomic E-state index is 0.0107. The lowest BCUT2D eigenvalue weighted by molar-refractivity contribution is 0.0683. The number of aromatic nitrogens is 2. The molecular formula is C13H12N2O3. The van der Waals surface area contributed by atoms with Crippen LogP contribution in [0, 0.1) is 0 Å². The van der Waals surface area contributed by atoms with Crippen LogP contribution < -0.4 is 5.56 Å². The van der Waals surface area contributed by atoms with E-state index >= 15 is 0 Å². The van der Waals surface area contributed by atoms with Gasteiger partial charge in [0.2, 0.25) is 0 Å². The minimum Gasteiger partial charge on any atom is -0.477 e. The van der Waals surface area contributed by atoms with Crippen LogP contribution in [0.3, 0.4) is 0 Å². The van der Waals surface area contributed by atoms with Gasteiger partial charge in [-0.25, -0.2) is 4.79 Å². The maximum absolute atomic E-state index is 11.7. The zero-order valence-corrected chi connectivity index (χ0v) is 9.61. The second kappa shape index (κ2) is 5.27. The number of hydrogen-bond acceptors (Lipinski definition) is 3. The SMILES string of the molecule is O=C(O)c1cccc(=O)n1CCc1ccncc1. The van der Waals surface area contributed by atoms with Gasteiger partial charge in [-0.05, 0) is 30.2 Å². The first kappa shape index (κ1) is 12.0. The molecule has 2 aromatic heterocycles. The van der Waals surface area contributed by atoms with Crippen LogP contribution in [0.15, 0.2) is 47.5 Å². The fourth-order valence-corrected chi connectivity index (χ4v) is 1.73. The number of pyridine rings is 2. The average molecular weight is 244 g/mol. The summed E-state index contributed by atoms with van der Waals surface area (Å²) < 4.78 is 1.27. The monoisotopic (exact) mass is 244 g/mol. The fraction of sp³-hybridized carbons (Fsp3) is 0.154. The van der Waals surface area contributed by atoms with E-state index in [0.29, 0.717) is 13.0 Å². The lowest BCUT2D eigenvalue weighted by Gasteiger charge is -2.09.